The van der Waals surface area contributed by atoms with Crippen molar-refractivity contribution in [2.45, 2.75) is 137 Å². The Labute approximate surface area is 372 Å². The fourth-order valence-corrected chi connectivity index (χ4v) is 9.01. The number of nitrogens with one attached hydrogen (secondary N) is 2. The summed E-state index contributed by atoms with van der Waals surface area (Å²) in [7, 11) is 0. The van der Waals surface area contributed by atoms with Gasteiger partial charge in [-0.05, 0) is 138 Å². The van der Waals surface area contributed by atoms with E-state index in [-0.39, 0.29) is 70.9 Å². The quantitative estimate of drug-likeness (QED) is 0.0900. The largest absolute Gasteiger partial charge is 0.490 e. The molecular weight excluding hydrogens is 839 g/mol. The average Bonchev–Trinajstić information content (AvgIpc) is 3.20. The van der Waals surface area contributed by atoms with Crippen molar-refractivity contribution in [1.82, 2.24) is 10.6 Å². The molecular formula is C50H64F6N2O6. The molecule has 2 saturated carbocycles. The van der Waals surface area contributed by atoms with Gasteiger partial charge in [-0.3, -0.25) is 9.59 Å². The Balaban J connectivity index is 0.000000241. The number of carboxylic acids is 1. The Morgan fingerprint density at radius 3 is 1.33 bits per heavy atom. The number of fused-ring (bicyclic) bond motifs is 2. The summed E-state index contributed by atoms with van der Waals surface area (Å²) in [4.78, 5) is 22.1. The van der Waals surface area contributed by atoms with E-state index < -0.39 is 29.4 Å². The van der Waals surface area contributed by atoms with E-state index in [2.05, 4.69) is 52.2 Å². The molecule has 8 nitrogen and oxygen atoms in total. The summed E-state index contributed by atoms with van der Waals surface area (Å²) in [6.45, 7) is 15.7. The van der Waals surface area contributed by atoms with Gasteiger partial charge in [-0.2, -0.15) is 26.3 Å². The van der Waals surface area contributed by atoms with E-state index in [0.717, 1.165) is 62.5 Å². The van der Waals surface area contributed by atoms with E-state index in [9.17, 15) is 35.9 Å². The van der Waals surface area contributed by atoms with Crippen LogP contribution in [0.4, 0.5) is 26.3 Å². The summed E-state index contributed by atoms with van der Waals surface area (Å²) in [6.07, 6.45) is -2.60. The molecule has 0 spiro atoms. The number of carbonyl (C=O) groups is 2. The zero-order chi connectivity index (χ0) is 47.0. The van der Waals surface area contributed by atoms with Gasteiger partial charge in [0, 0.05) is 13.1 Å². The molecule has 2 aliphatic rings. The predicted octanol–water partition coefficient (Wildman–Crippen LogP) is 12.5. The molecule has 0 aliphatic heterocycles. The number of hydrogen-bond donors (Lipinski definition) is 3. The van der Waals surface area contributed by atoms with Crippen LogP contribution in [0.5, 0.6) is 11.5 Å². The first-order valence-electron chi connectivity index (χ1n) is 22.3. The molecule has 352 valence electrons. The molecule has 64 heavy (non-hydrogen) atoms. The number of carbonyl (C=O) groups excluding carboxylic acids is 1. The molecule has 0 atom stereocenters. The Hall–Kier alpha value is -4.56. The number of hydrogen-bond acceptors (Lipinski definition) is 7. The molecule has 4 aromatic rings. The second-order valence-electron chi connectivity index (χ2n) is 19.3. The molecule has 0 unspecified atom stereocenters. The number of benzene rings is 4. The highest BCUT2D eigenvalue weighted by molar-refractivity contribution is 5.90. The predicted molar refractivity (Wildman–Crippen MR) is 237 cm³/mol. The summed E-state index contributed by atoms with van der Waals surface area (Å²) in [6, 6.07) is 15.7. The van der Waals surface area contributed by atoms with Crippen LogP contribution in [0.2, 0.25) is 0 Å². The number of halogens is 6. The zero-order valence-corrected chi connectivity index (χ0v) is 38.0. The Morgan fingerprint density at radius 2 is 0.984 bits per heavy atom. The molecule has 6 rings (SSSR count). The van der Waals surface area contributed by atoms with Gasteiger partial charge in [-0.15, -0.1) is 0 Å². The van der Waals surface area contributed by atoms with Gasteiger partial charge in [0.15, 0.2) is 0 Å². The highest BCUT2D eigenvalue weighted by Gasteiger charge is 2.40. The Bertz CT molecular complexity index is 2190. The second kappa shape index (κ2) is 21.2. The summed E-state index contributed by atoms with van der Waals surface area (Å²) in [5.41, 5.74) is 0.442. The number of alkyl halides is 6. The van der Waals surface area contributed by atoms with Crippen molar-refractivity contribution in [3.05, 3.63) is 82.9 Å². The maximum atomic E-state index is 14.1. The number of esters is 1. The van der Waals surface area contributed by atoms with Crippen molar-refractivity contribution in [2.75, 3.05) is 19.7 Å². The Kier molecular flexibility index (Phi) is 16.7. The first kappa shape index (κ1) is 50.4. The molecule has 4 aromatic carbocycles. The number of carboxylic acid groups (broad SMARTS) is 1. The van der Waals surface area contributed by atoms with Crippen molar-refractivity contribution in [1.29, 1.82) is 0 Å². The van der Waals surface area contributed by atoms with Crippen LogP contribution in [0, 0.1) is 22.7 Å². The van der Waals surface area contributed by atoms with Gasteiger partial charge in [-0.1, -0.05) is 77.9 Å². The van der Waals surface area contributed by atoms with Crippen LogP contribution in [-0.4, -0.2) is 48.9 Å². The molecule has 2 aliphatic carbocycles. The molecule has 0 bridgehead atoms. The van der Waals surface area contributed by atoms with E-state index in [1.807, 2.05) is 0 Å². The molecule has 0 amide bonds. The maximum Gasteiger partial charge on any atom is 0.420 e. The SMILES string of the molecule is CC(C)(C)C1CCC(Oc2ccc3cc(CNCC(=O)O)ccc3c2C(F)(F)F)CC1.CCOC(=O)CNCc1ccc2c(C(F)(F)F)c(OC3CCC(C(C)(C)C)CC3)ccc2c1. The second-order valence-corrected chi connectivity index (χ2v) is 19.3. The van der Waals surface area contributed by atoms with E-state index in [1.165, 1.54) is 24.3 Å². The van der Waals surface area contributed by atoms with Gasteiger partial charge in [0.2, 0.25) is 0 Å². The van der Waals surface area contributed by atoms with E-state index in [4.69, 9.17) is 19.3 Å². The first-order chi connectivity index (χ1) is 29.9. The lowest BCUT2D eigenvalue weighted by atomic mass is 9.72. The van der Waals surface area contributed by atoms with Gasteiger partial charge >= 0.3 is 24.3 Å². The summed E-state index contributed by atoms with van der Waals surface area (Å²) >= 11 is 0. The van der Waals surface area contributed by atoms with Crippen molar-refractivity contribution in [3.63, 3.8) is 0 Å². The fraction of sp³-hybridized carbons (Fsp3) is 0.560. The summed E-state index contributed by atoms with van der Waals surface area (Å²) in [5.74, 6) is -0.445. The molecule has 0 saturated heterocycles. The lowest BCUT2D eigenvalue weighted by molar-refractivity contribution is -0.142. The number of ether oxygens (including phenoxy) is 3. The van der Waals surface area contributed by atoms with Crippen LogP contribution < -0.4 is 20.1 Å². The van der Waals surface area contributed by atoms with Gasteiger partial charge in [0.25, 0.3) is 0 Å². The van der Waals surface area contributed by atoms with Crippen molar-refractivity contribution in [3.8, 4) is 11.5 Å². The van der Waals surface area contributed by atoms with Gasteiger partial charge in [0.1, 0.15) is 22.6 Å². The number of aliphatic carboxylic acids is 1. The van der Waals surface area contributed by atoms with Crippen LogP contribution >= 0.6 is 0 Å². The molecule has 14 heteroatoms. The topological polar surface area (TPSA) is 106 Å². The smallest absolute Gasteiger partial charge is 0.420 e. The van der Waals surface area contributed by atoms with Crippen LogP contribution in [-0.2, 0) is 39.8 Å². The monoisotopic (exact) mass is 902 g/mol. The molecule has 2 fully saturated rings. The lowest BCUT2D eigenvalue weighted by Gasteiger charge is -2.37. The van der Waals surface area contributed by atoms with Crippen molar-refractivity contribution < 1.29 is 55.2 Å². The van der Waals surface area contributed by atoms with Crippen molar-refractivity contribution >= 4 is 33.5 Å². The normalized spacial score (nSPS) is 19.8. The summed E-state index contributed by atoms with van der Waals surface area (Å²) < 4.78 is 101. The first-order valence-corrected chi connectivity index (χ1v) is 22.3. The zero-order valence-electron chi connectivity index (χ0n) is 38.0. The third-order valence-electron chi connectivity index (χ3n) is 12.6. The lowest BCUT2D eigenvalue weighted by Crippen LogP contribution is -2.31. The third kappa shape index (κ3) is 14.0. The number of rotatable bonds is 13. The molecule has 0 radical (unpaired) electrons. The van der Waals surface area contributed by atoms with Gasteiger partial charge < -0.3 is 30.0 Å². The average molecular weight is 903 g/mol. The van der Waals surface area contributed by atoms with E-state index in [1.54, 1.807) is 43.3 Å². The highest BCUT2D eigenvalue weighted by atomic mass is 19.4. The third-order valence-corrected chi connectivity index (χ3v) is 12.6. The highest BCUT2D eigenvalue weighted by Crippen LogP contribution is 2.46. The minimum absolute atomic E-state index is 0.0456. The Morgan fingerprint density at radius 1 is 0.594 bits per heavy atom. The molecule has 0 aromatic heterocycles. The summed E-state index contributed by atoms with van der Waals surface area (Å²) in [5, 5.41) is 15.6. The van der Waals surface area contributed by atoms with E-state index in [0.29, 0.717) is 35.8 Å². The fourth-order valence-electron chi connectivity index (χ4n) is 9.01. The van der Waals surface area contributed by atoms with E-state index >= 15 is 0 Å². The van der Waals surface area contributed by atoms with Crippen LogP contribution in [0.1, 0.15) is 122 Å². The minimum Gasteiger partial charge on any atom is -0.490 e. The van der Waals surface area contributed by atoms with Crippen LogP contribution in [0.15, 0.2) is 60.7 Å². The maximum absolute atomic E-state index is 14.1. The van der Waals surface area contributed by atoms with Crippen molar-refractivity contribution in [2.24, 2.45) is 22.7 Å². The minimum atomic E-state index is -4.54. The van der Waals surface area contributed by atoms with Crippen LogP contribution in [0.3, 0.4) is 0 Å². The van der Waals surface area contributed by atoms with Gasteiger partial charge in [-0.25, -0.2) is 0 Å². The van der Waals surface area contributed by atoms with Crippen LogP contribution in [0.25, 0.3) is 21.5 Å². The molecule has 0 heterocycles. The standard InChI is InChI=1S/C26H34F3NO3.C24H30F3NO3/c1-5-32-23(31)16-30-15-17-6-12-21-18(14-17)7-13-22(24(21)26(27,28)29)33-20-10-8-19(9-11-20)25(2,3)4;1-23(2,3)17-6-8-18(9-7-17)31-20-11-5-16-12-15(13-28-14-21(29)30)4-10-19(16)22(20)24(25,26)27/h6-7,12-14,19-20,30H,5,8-11,15-16H2,1-4H3;4-5,10-12,17-18,28H,6-9,13-14H2,1-3H3,(H,29,30). The van der Waals surface area contributed by atoms with Gasteiger partial charge in [0.05, 0.1) is 31.9 Å². The molecule has 3 N–H and O–H groups in total.